The lowest BCUT2D eigenvalue weighted by atomic mass is 10.1. The van der Waals surface area contributed by atoms with Crippen molar-refractivity contribution in [1.82, 2.24) is 15.3 Å². The number of carbonyl (C=O) groups excluding carboxylic acids is 2. The van der Waals surface area contributed by atoms with Crippen LogP contribution in [0.3, 0.4) is 0 Å². The van der Waals surface area contributed by atoms with Crippen LogP contribution in [0.25, 0.3) is 0 Å². The van der Waals surface area contributed by atoms with E-state index in [0.29, 0.717) is 29.4 Å². The van der Waals surface area contributed by atoms with Gasteiger partial charge in [0.2, 0.25) is 11.9 Å². The topological polar surface area (TPSA) is 87.2 Å². The largest absolute Gasteiger partial charge is 0.327 e. The fourth-order valence-corrected chi connectivity index (χ4v) is 3.29. The van der Waals surface area contributed by atoms with Crippen molar-refractivity contribution in [2.24, 2.45) is 0 Å². The van der Waals surface area contributed by atoms with Crippen LogP contribution in [-0.2, 0) is 11.2 Å². The van der Waals surface area contributed by atoms with E-state index in [1.807, 2.05) is 0 Å². The lowest BCUT2D eigenvalue weighted by Gasteiger charge is -2.25. The zero-order chi connectivity index (χ0) is 20.3. The molecule has 2 N–H and O–H groups in total. The minimum atomic E-state index is -0.202. The van der Waals surface area contributed by atoms with Gasteiger partial charge in [-0.25, -0.2) is 4.98 Å². The number of fused-ring (bicyclic) bond motifs is 1. The molecule has 0 bridgehead atoms. The average molecular weight is 379 g/mol. The van der Waals surface area contributed by atoms with Crippen molar-refractivity contribution in [2.45, 2.75) is 46.1 Å². The third-order valence-corrected chi connectivity index (χ3v) is 4.72. The van der Waals surface area contributed by atoms with E-state index in [2.05, 4.69) is 41.0 Å². The summed E-state index contributed by atoms with van der Waals surface area (Å²) in [5.41, 5.74) is 2.74. The number of hydrogen-bond donors (Lipinski definition) is 2. The molecule has 1 aliphatic heterocycles. The number of nitrogens with one attached hydrogen (secondary N) is 2. The van der Waals surface area contributed by atoms with E-state index in [1.165, 1.54) is 0 Å². The van der Waals surface area contributed by atoms with Crippen LogP contribution >= 0.6 is 0 Å². The molecular formula is C21H25N5O2. The first-order valence-corrected chi connectivity index (χ1v) is 9.44. The Hall–Kier alpha value is -3.22. The fourth-order valence-electron chi connectivity index (χ4n) is 3.29. The maximum Gasteiger partial charge on any atom is 0.255 e. The standard InChI is InChI=1S/C21H25N5O2/c1-5-17(6-2)26-18(27)11-15-12-22-21(25-19(15)26)24-16-9-7-14(8-10-16)20(28)23-13(3)4/h7-10,12,17H,3,5-6,11H2,1-2,4H3,(H,23,28)(H,22,24,25). The van der Waals surface area contributed by atoms with Crippen molar-refractivity contribution >= 4 is 29.3 Å². The second kappa shape index (κ2) is 8.21. The Morgan fingerprint density at radius 1 is 1.25 bits per heavy atom. The Balaban J connectivity index is 1.78. The Labute approximate surface area is 164 Å². The van der Waals surface area contributed by atoms with Gasteiger partial charge >= 0.3 is 0 Å². The first-order chi connectivity index (χ1) is 13.4. The van der Waals surface area contributed by atoms with Crippen molar-refractivity contribution in [3.8, 4) is 0 Å². The highest BCUT2D eigenvalue weighted by Crippen LogP contribution is 2.31. The van der Waals surface area contributed by atoms with E-state index < -0.39 is 0 Å². The van der Waals surface area contributed by atoms with E-state index in [1.54, 1.807) is 42.3 Å². The Morgan fingerprint density at radius 3 is 2.54 bits per heavy atom. The molecule has 1 aliphatic rings. The van der Waals surface area contributed by atoms with Crippen LogP contribution < -0.4 is 15.5 Å². The monoisotopic (exact) mass is 379 g/mol. The van der Waals surface area contributed by atoms with Gasteiger partial charge in [0.05, 0.1) is 6.42 Å². The first-order valence-electron chi connectivity index (χ1n) is 9.44. The third-order valence-electron chi connectivity index (χ3n) is 4.72. The molecule has 2 heterocycles. The summed E-state index contributed by atoms with van der Waals surface area (Å²) in [5, 5.41) is 5.81. The van der Waals surface area contributed by atoms with Gasteiger partial charge in [0, 0.05) is 34.8 Å². The summed E-state index contributed by atoms with van der Waals surface area (Å²) >= 11 is 0. The summed E-state index contributed by atoms with van der Waals surface area (Å²) in [6.07, 6.45) is 3.81. The Kier molecular flexibility index (Phi) is 5.73. The molecule has 2 amide bonds. The number of amides is 2. The number of benzene rings is 1. The van der Waals surface area contributed by atoms with Gasteiger partial charge in [-0.2, -0.15) is 4.98 Å². The van der Waals surface area contributed by atoms with Crippen LogP contribution in [0.5, 0.6) is 0 Å². The number of hydrogen-bond acceptors (Lipinski definition) is 5. The van der Waals surface area contributed by atoms with Gasteiger partial charge in [-0.05, 0) is 44.0 Å². The van der Waals surface area contributed by atoms with E-state index in [-0.39, 0.29) is 17.9 Å². The molecule has 0 fully saturated rings. The molecule has 0 radical (unpaired) electrons. The van der Waals surface area contributed by atoms with Crippen LogP contribution in [0.4, 0.5) is 17.5 Å². The molecule has 7 nitrogen and oxygen atoms in total. The molecular weight excluding hydrogens is 354 g/mol. The second-order valence-corrected chi connectivity index (χ2v) is 6.89. The summed E-state index contributed by atoms with van der Waals surface area (Å²) in [7, 11) is 0. The molecule has 1 aromatic carbocycles. The Morgan fingerprint density at radius 2 is 1.93 bits per heavy atom. The summed E-state index contributed by atoms with van der Waals surface area (Å²) in [5.74, 6) is 0.979. The highest BCUT2D eigenvalue weighted by atomic mass is 16.2. The van der Waals surface area contributed by atoms with Gasteiger partial charge < -0.3 is 10.6 Å². The van der Waals surface area contributed by atoms with Crippen molar-refractivity contribution in [3.05, 3.63) is 53.9 Å². The molecule has 0 saturated carbocycles. The number of anilines is 3. The molecule has 0 unspecified atom stereocenters. The van der Waals surface area contributed by atoms with E-state index in [4.69, 9.17) is 0 Å². The van der Waals surface area contributed by atoms with E-state index in [0.717, 1.165) is 24.1 Å². The van der Waals surface area contributed by atoms with Crippen molar-refractivity contribution in [2.75, 3.05) is 10.2 Å². The Bertz CT molecular complexity index is 904. The predicted octanol–water partition coefficient (Wildman–Crippen LogP) is 3.56. The maximum absolute atomic E-state index is 12.4. The molecule has 28 heavy (non-hydrogen) atoms. The van der Waals surface area contributed by atoms with Gasteiger partial charge in [0.25, 0.3) is 5.91 Å². The molecule has 0 spiro atoms. The summed E-state index contributed by atoms with van der Waals surface area (Å²) in [6.45, 7) is 9.55. The van der Waals surface area contributed by atoms with Gasteiger partial charge in [-0.3, -0.25) is 14.5 Å². The van der Waals surface area contributed by atoms with E-state index >= 15 is 0 Å². The van der Waals surface area contributed by atoms with Crippen LogP contribution in [0.15, 0.2) is 42.7 Å². The quantitative estimate of drug-likeness (QED) is 0.768. The second-order valence-electron chi connectivity index (χ2n) is 6.89. The van der Waals surface area contributed by atoms with Gasteiger partial charge in [0.15, 0.2) is 0 Å². The molecule has 2 aromatic rings. The zero-order valence-electron chi connectivity index (χ0n) is 16.5. The molecule has 1 aromatic heterocycles. The number of nitrogens with zero attached hydrogens (tertiary/aromatic N) is 3. The lowest BCUT2D eigenvalue weighted by molar-refractivity contribution is -0.117. The highest BCUT2D eigenvalue weighted by molar-refractivity contribution is 6.00. The normalized spacial score (nSPS) is 12.9. The smallest absolute Gasteiger partial charge is 0.255 e. The first kappa shape index (κ1) is 19.5. The van der Waals surface area contributed by atoms with Crippen LogP contribution in [-0.4, -0.2) is 27.8 Å². The molecule has 146 valence electrons. The number of allylic oxidation sites excluding steroid dienone is 1. The highest BCUT2D eigenvalue weighted by Gasteiger charge is 2.33. The summed E-state index contributed by atoms with van der Waals surface area (Å²) in [6, 6.07) is 7.14. The SMILES string of the molecule is C=C(C)NC(=O)c1ccc(Nc2ncc3c(n2)N(C(CC)CC)C(=O)C3)cc1. The predicted molar refractivity (Wildman–Crippen MR) is 110 cm³/mol. The molecule has 0 aliphatic carbocycles. The maximum atomic E-state index is 12.4. The molecule has 3 rings (SSSR count). The van der Waals surface area contributed by atoms with Gasteiger partial charge in [-0.1, -0.05) is 20.4 Å². The van der Waals surface area contributed by atoms with Crippen LogP contribution in [0, 0.1) is 0 Å². The average Bonchev–Trinajstić information content (AvgIpc) is 2.98. The lowest BCUT2D eigenvalue weighted by Crippen LogP contribution is -2.37. The van der Waals surface area contributed by atoms with Gasteiger partial charge in [0.1, 0.15) is 5.82 Å². The van der Waals surface area contributed by atoms with Crippen LogP contribution in [0.1, 0.15) is 49.5 Å². The van der Waals surface area contributed by atoms with Crippen molar-refractivity contribution in [3.63, 3.8) is 0 Å². The molecule has 7 heteroatoms. The molecule has 0 atom stereocenters. The van der Waals surface area contributed by atoms with E-state index in [9.17, 15) is 9.59 Å². The fraction of sp³-hybridized carbons (Fsp3) is 0.333. The third kappa shape index (κ3) is 4.03. The minimum absolute atomic E-state index is 0.0722. The summed E-state index contributed by atoms with van der Waals surface area (Å²) < 4.78 is 0. The number of carbonyl (C=O) groups is 2. The van der Waals surface area contributed by atoms with Gasteiger partial charge in [-0.15, -0.1) is 0 Å². The van der Waals surface area contributed by atoms with Crippen molar-refractivity contribution < 1.29 is 9.59 Å². The molecule has 0 saturated heterocycles. The number of aromatic nitrogens is 2. The van der Waals surface area contributed by atoms with Crippen LogP contribution in [0.2, 0.25) is 0 Å². The zero-order valence-corrected chi connectivity index (χ0v) is 16.5. The summed E-state index contributed by atoms with van der Waals surface area (Å²) in [4.78, 5) is 35.1. The number of rotatable bonds is 7. The minimum Gasteiger partial charge on any atom is -0.327 e. The van der Waals surface area contributed by atoms with Crippen molar-refractivity contribution in [1.29, 1.82) is 0 Å².